The standard InChI is InChI=1S/C16H18F3N3O2/c1-15(9-20,10-3-4-10)22-14(23)8-21-13-6-5-11(24-2)7-12(13)16(17,18)19/h5-7,10,21H,3-4,8H2,1-2H3,(H,22,23)/t15-/m0/s1. The van der Waals surface area contributed by atoms with E-state index in [4.69, 9.17) is 4.74 Å². The summed E-state index contributed by atoms with van der Waals surface area (Å²) in [5, 5.41) is 14.3. The Bertz CT molecular complexity index is 666. The number of halogens is 3. The summed E-state index contributed by atoms with van der Waals surface area (Å²) >= 11 is 0. The number of methoxy groups -OCH3 is 1. The monoisotopic (exact) mass is 341 g/mol. The molecule has 0 heterocycles. The SMILES string of the molecule is COc1ccc(NCC(=O)N[C@@](C)(C#N)C2CC2)c(C(F)(F)F)c1. The van der Waals surface area contributed by atoms with E-state index in [0.717, 1.165) is 18.9 Å². The number of hydrogen-bond acceptors (Lipinski definition) is 4. The Hall–Kier alpha value is -2.43. The second kappa shape index (κ2) is 6.59. The van der Waals surface area contributed by atoms with Crippen molar-refractivity contribution in [2.45, 2.75) is 31.5 Å². The zero-order valence-electron chi connectivity index (χ0n) is 13.3. The van der Waals surface area contributed by atoms with Gasteiger partial charge >= 0.3 is 6.18 Å². The van der Waals surface area contributed by atoms with Crippen LogP contribution in [-0.4, -0.2) is 25.1 Å². The molecule has 1 aliphatic carbocycles. The van der Waals surface area contributed by atoms with Crippen molar-refractivity contribution in [1.82, 2.24) is 5.32 Å². The van der Waals surface area contributed by atoms with Gasteiger partial charge in [0.05, 0.1) is 25.3 Å². The molecule has 2 N–H and O–H groups in total. The maximum atomic E-state index is 13.1. The van der Waals surface area contributed by atoms with Gasteiger partial charge < -0.3 is 15.4 Å². The van der Waals surface area contributed by atoms with Gasteiger partial charge in [0, 0.05) is 5.69 Å². The molecule has 2 rings (SSSR count). The summed E-state index contributed by atoms with van der Waals surface area (Å²) in [5.41, 5.74) is -2.12. The Balaban J connectivity index is 2.06. The van der Waals surface area contributed by atoms with E-state index in [2.05, 4.69) is 16.7 Å². The van der Waals surface area contributed by atoms with Crippen LogP contribution in [0.4, 0.5) is 18.9 Å². The van der Waals surface area contributed by atoms with Crippen molar-refractivity contribution in [2.24, 2.45) is 5.92 Å². The van der Waals surface area contributed by atoms with E-state index in [-0.39, 0.29) is 23.9 Å². The topological polar surface area (TPSA) is 74.2 Å². The van der Waals surface area contributed by atoms with Crippen LogP contribution in [0.5, 0.6) is 5.75 Å². The number of anilines is 1. The highest BCUT2D eigenvalue weighted by Gasteiger charge is 2.43. The second-order valence-electron chi connectivity index (χ2n) is 5.90. The van der Waals surface area contributed by atoms with Crippen LogP contribution < -0.4 is 15.4 Å². The lowest BCUT2D eigenvalue weighted by Gasteiger charge is -2.23. The highest BCUT2D eigenvalue weighted by molar-refractivity contribution is 5.82. The van der Waals surface area contributed by atoms with Gasteiger partial charge in [-0.1, -0.05) is 0 Å². The van der Waals surface area contributed by atoms with Crippen molar-refractivity contribution in [3.05, 3.63) is 23.8 Å². The van der Waals surface area contributed by atoms with E-state index >= 15 is 0 Å². The van der Waals surface area contributed by atoms with Gasteiger partial charge in [0.1, 0.15) is 11.3 Å². The number of nitriles is 1. The number of hydrogen-bond donors (Lipinski definition) is 2. The number of rotatable bonds is 6. The fraction of sp³-hybridized carbons (Fsp3) is 0.500. The van der Waals surface area contributed by atoms with E-state index < -0.39 is 23.2 Å². The van der Waals surface area contributed by atoms with E-state index in [1.54, 1.807) is 6.92 Å². The van der Waals surface area contributed by atoms with Crippen molar-refractivity contribution in [2.75, 3.05) is 19.0 Å². The number of carbonyl (C=O) groups excluding carboxylic acids is 1. The average Bonchev–Trinajstić information content (AvgIpc) is 3.37. The van der Waals surface area contributed by atoms with Crippen molar-refractivity contribution in [3.8, 4) is 11.8 Å². The molecule has 0 spiro atoms. The van der Waals surface area contributed by atoms with E-state index in [9.17, 15) is 23.2 Å². The molecule has 1 saturated carbocycles. The highest BCUT2D eigenvalue weighted by atomic mass is 19.4. The normalized spacial score (nSPS) is 16.7. The minimum atomic E-state index is -4.58. The van der Waals surface area contributed by atoms with Crippen LogP contribution in [0.1, 0.15) is 25.3 Å². The Morgan fingerprint density at radius 2 is 2.08 bits per heavy atom. The van der Waals surface area contributed by atoms with Crippen LogP contribution in [0.25, 0.3) is 0 Å². The van der Waals surface area contributed by atoms with E-state index in [0.29, 0.717) is 0 Å². The van der Waals surface area contributed by atoms with Gasteiger partial charge in [-0.05, 0) is 43.9 Å². The molecule has 0 radical (unpaired) electrons. The molecule has 0 unspecified atom stereocenters. The molecule has 0 aliphatic heterocycles. The van der Waals surface area contributed by atoms with Crippen LogP contribution in [-0.2, 0) is 11.0 Å². The first-order chi connectivity index (χ1) is 11.2. The Labute approximate surface area is 137 Å². The number of carbonyl (C=O) groups is 1. The van der Waals surface area contributed by atoms with Gasteiger partial charge in [-0.3, -0.25) is 4.79 Å². The molecule has 130 valence electrons. The molecule has 1 fully saturated rings. The van der Waals surface area contributed by atoms with Crippen LogP contribution in [0.15, 0.2) is 18.2 Å². The van der Waals surface area contributed by atoms with Crippen molar-refractivity contribution >= 4 is 11.6 Å². The minimum Gasteiger partial charge on any atom is -0.497 e. The third-order valence-corrected chi connectivity index (χ3v) is 4.00. The van der Waals surface area contributed by atoms with Crippen LogP contribution in [0, 0.1) is 17.2 Å². The maximum absolute atomic E-state index is 13.1. The molecule has 1 aromatic carbocycles. The maximum Gasteiger partial charge on any atom is 0.418 e. The molecular weight excluding hydrogens is 323 g/mol. The smallest absolute Gasteiger partial charge is 0.418 e. The number of alkyl halides is 3. The number of nitrogens with one attached hydrogen (secondary N) is 2. The summed E-state index contributed by atoms with van der Waals surface area (Å²) in [7, 11) is 1.27. The number of ether oxygens (including phenoxy) is 1. The lowest BCUT2D eigenvalue weighted by Crippen LogP contribution is -2.48. The first-order valence-electron chi connectivity index (χ1n) is 7.41. The minimum absolute atomic E-state index is 0.0723. The zero-order chi connectivity index (χ0) is 18.0. The summed E-state index contributed by atoms with van der Waals surface area (Å²) < 4.78 is 44.1. The number of nitrogens with zero attached hydrogens (tertiary/aromatic N) is 1. The van der Waals surface area contributed by atoms with Crippen molar-refractivity contribution in [1.29, 1.82) is 5.26 Å². The Kier molecular flexibility index (Phi) is 4.92. The Morgan fingerprint density at radius 1 is 1.42 bits per heavy atom. The fourth-order valence-electron chi connectivity index (χ4n) is 2.43. The first-order valence-corrected chi connectivity index (χ1v) is 7.41. The largest absolute Gasteiger partial charge is 0.497 e. The molecule has 8 heteroatoms. The Morgan fingerprint density at radius 3 is 2.58 bits per heavy atom. The lowest BCUT2D eigenvalue weighted by molar-refractivity contribution is -0.137. The summed E-state index contributed by atoms with van der Waals surface area (Å²) in [6, 6.07) is 5.51. The summed E-state index contributed by atoms with van der Waals surface area (Å²) in [6.07, 6.45) is -2.87. The second-order valence-corrected chi connectivity index (χ2v) is 5.90. The molecule has 0 aromatic heterocycles. The summed E-state index contributed by atoms with van der Waals surface area (Å²) in [6.45, 7) is 1.26. The van der Waals surface area contributed by atoms with Gasteiger partial charge in [0.25, 0.3) is 0 Å². The van der Waals surface area contributed by atoms with Gasteiger partial charge in [-0.15, -0.1) is 0 Å². The molecule has 5 nitrogen and oxygen atoms in total. The van der Waals surface area contributed by atoms with Gasteiger partial charge in [0.15, 0.2) is 0 Å². The zero-order valence-corrected chi connectivity index (χ0v) is 13.3. The van der Waals surface area contributed by atoms with Crippen LogP contribution in [0.3, 0.4) is 0 Å². The van der Waals surface area contributed by atoms with Crippen molar-refractivity contribution in [3.63, 3.8) is 0 Å². The molecular formula is C16H18F3N3O2. The summed E-state index contributed by atoms with van der Waals surface area (Å²) in [4.78, 5) is 12.0. The predicted molar refractivity (Wildman–Crippen MR) is 81.4 cm³/mol. The van der Waals surface area contributed by atoms with Gasteiger partial charge in [-0.2, -0.15) is 18.4 Å². The lowest BCUT2D eigenvalue weighted by atomic mass is 9.98. The molecule has 1 amide bonds. The predicted octanol–water partition coefficient (Wildman–Crippen LogP) is 2.93. The quantitative estimate of drug-likeness (QED) is 0.834. The van der Waals surface area contributed by atoms with E-state index in [1.165, 1.54) is 19.2 Å². The van der Waals surface area contributed by atoms with Crippen molar-refractivity contribution < 1.29 is 22.7 Å². The fourth-order valence-corrected chi connectivity index (χ4v) is 2.43. The van der Waals surface area contributed by atoms with Crippen LogP contribution in [0.2, 0.25) is 0 Å². The van der Waals surface area contributed by atoms with Gasteiger partial charge in [-0.25, -0.2) is 0 Å². The molecule has 0 saturated heterocycles. The highest BCUT2D eigenvalue weighted by Crippen LogP contribution is 2.39. The van der Waals surface area contributed by atoms with E-state index in [1.807, 2.05) is 0 Å². The summed E-state index contributed by atoms with van der Waals surface area (Å²) in [5.74, 6) is -0.365. The molecule has 1 atom stereocenters. The molecule has 1 aromatic rings. The van der Waals surface area contributed by atoms with Crippen LogP contribution >= 0.6 is 0 Å². The number of benzene rings is 1. The average molecular weight is 341 g/mol. The third kappa shape index (κ3) is 4.10. The molecule has 0 bridgehead atoms. The molecule has 24 heavy (non-hydrogen) atoms. The number of amides is 1. The first kappa shape index (κ1) is 17.9. The molecule has 1 aliphatic rings. The third-order valence-electron chi connectivity index (χ3n) is 4.00. The van der Waals surface area contributed by atoms with Gasteiger partial charge in [0.2, 0.25) is 5.91 Å².